The summed E-state index contributed by atoms with van der Waals surface area (Å²) in [5.74, 6) is -2.52. The maximum atomic E-state index is 13.3. The van der Waals surface area contributed by atoms with Crippen LogP contribution in [0.4, 0.5) is 14.5 Å². The van der Waals surface area contributed by atoms with Crippen molar-refractivity contribution < 1.29 is 23.2 Å². The first-order chi connectivity index (χ1) is 14.3. The molecule has 1 fully saturated rings. The number of ketones is 1. The summed E-state index contributed by atoms with van der Waals surface area (Å²) in [4.78, 5) is 39.5. The van der Waals surface area contributed by atoms with Gasteiger partial charge < -0.3 is 10.2 Å². The Balaban J connectivity index is 1.43. The van der Waals surface area contributed by atoms with Crippen LogP contribution in [0.25, 0.3) is 0 Å². The van der Waals surface area contributed by atoms with Gasteiger partial charge in [-0.2, -0.15) is 0 Å². The fraction of sp³-hybridized carbons (Fsp3) is 0.318. The van der Waals surface area contributed by atoms with Crippen LogP contribution in [0.3, 0.4) is 0 Å². The molecule has 158 valence electrons. The van der Waals surface area contributed by atoms with Gasteiger partial charge in [-0.3, -0.25) is 19.3 Å². The molecule has 2 aromatic carbocycles. The van der Waals surface area contributed by atoms with Crippen molar-refractivity contribution in [3.63, 3.8) is 0 Å². The van der Waals surface area contributed by atoms with Crippen LogP contribution in [0.1, 0.15) is 34.1 Å². The molecule has 8 heteroatoms. The monoisotopic (exact) mass is 415 g/mol. The molecule has 0 radical (unpaired) electrons. The molecular weight excluding hydrogens is 392 g/mol. The van der Waals surface area contributed by atoms with Crippen molar-refractivity contribution in [3.05, 3.63) is 65.2 Å². The molecule has 6 nitrogen and oxygen atoms in total. The normalized spacial score (nSPS) is 14.4. The molecule has 1 aliphatic rings. The molecule has 3 rings (SSSR count). The summed E-state index contributed by atoms with van der Waals surface area (Å²) < 4.78 is 26.4. The summed E-state index contributed by atoms with van der Waals surface area (Å²) in [5, 5.41) is 2.80. The highest BCUT2D eigenvalue weighted by Crippen LogP contribution is 2.14. The summed E-state index contributed by atoms with van der Waals surface area (Å²) in [7, 11) is 0. The van der Waals surface area contributed by atoms with Crippen LogP contribution in [0, 0.1) is 11.6 Å². The molecule has 0 atom stereocenters. The number of piperazine rings is 1. The summed E-state index contributed by atoms with van der Waals surface area (Å²) in [6.45, 7) is 4.12. The molecule has 30 heavy (non-hydrogen) atoms. The van der Waals surface area contributed by atoms with Gasteiger partial charge in [0, 0.05) is 56.0 Å². The molecule has 2 aromatic rings. The van der Waals surface area contributed by atoms with E-state index in [4.69, 9.17) is 0 Å². The van der Waals surface area contributed by atoms with Crippen molar-refractivity contribution in [3.8, 4) is 0 Å². The van der Waals surface area contributed by atoms with Crippen LogP contribution < -0.4 is 5.32 Å². The Bertz CT molecular complexity index is 939. The van der Waals surface area contributed by atoms with Crippen molar-refractivity contribution in [2.45, 2.75) is 13.3 Å². The largest absolute Gasteiger partial charge is 0.336 e. The number of nitrogens with zero attached hydrogens (tertiary/aromatic N) is 2. The highest BCUT2D eigenvalue weighted by atomic mass is 19.2. The number of benzene rings is 2. The minimum absolute atomic E-state index is 0.0323. The van der Waals surface area contributed by atoms with Crippen molar-refractivity contribution in [2.24, 2.45) is 0 Å². The van der Waals surface area contributed by atoms with Gasteiger partial charge in [-0.15, -0.1) is 0 Å². The fourth-order valence-corrected chi connectivity index (χ4v) is 3.26. The first-order valence-electron chi connectivity index (χ1n) is 9.71. The predicted molar refractivity (Wildman–Crippen MR) is 108 cm³/mol. The Hall–Kier alpha value is -3.13. The van der Waals surface area contributed by atoms with Gasteiger partial charge in [0.25, 0.3) is 5.91 Å². The lowest BCUT2D eigenvalue weighted by Gasteiger charge is -2.34. The molecule has 0 aromatic heterocycles. The minimum atomic E-state index is -1.04. The Morgan fingerprint density at radius 2 is 1.53 bits per heavy atom. The average Bonchev–Trinajstić information content (AvgIpc) is 2.74. The molecule has 0 bridgehead atoms. The highest BCUT2D eigenvalue weighted by Gasteiger charge is 2.23. The molecule has 0 saturated carbocycles. The lowest BCUT2D eigenvalue weighted by atomic mass is 10.1. The summed E-state index contributed by atoms with van der Waals surface area (Å²) in [6, 6.07) is 9.86. The van der Waals surface area contributed by atoms with Gasteiger partial charge in [0.1, 0.15) is 0 Å². The van der Waals surface area contributed by atoms with E-state index in [1.807, 2.05) is 0 Å². The number of halogens is 2. The molecule has 1 aliphatic heterocycles. The molecule has 1 saturated heterocycles. The number of hydrogen-bond donors (Lipinski definition) is 1. The van der Waals surface area contributed by atoms with Crippen LogP contribution in [0.2, 0.25) is 0 Å². The smallest absolute Gasteiger partial charge is 0.254 e. The SMILES string of the molecule is CC(=O)c1ccc(NC(=O)CCN2CCN(C(=O)c3ccc(F)c(F)c3)CC2)cc1. The minimum Gasteiger partial charge on any atom is -0.336 e. The maximum Gasteiger partial charge on any atom is 0.254 e. The number of carbonyl (C=O) groups excluding carboxylic acids is 3. The van der Waals surface area contributed by atoms with E-state index < -0.39 is 11.6 Å². The number of hydrogen-bond acceptors (Lipinski definition) is 4. The van der Waals surface area contributed by atoms with Gasteiger partial charge in [0.05, 0.1) is 0 Å². The number of anilines is 1. The molecule has 0 aliphatic carbocycles. The molecule has 2 amide bonds. The standard InChI is InChI=1S/C22H23F2N3O3/c1-15(28)16-2-5-18(6-3-16)25-21(29)8-9-26-10-12-27(13-11-26)22(30)17-4-7-19(23)20(24)14-17/h2-7,14H,8-13H2,1H3,(H,25,29). The van der Waals surface area contributed by atoms with Crippen molar-refractivity contribution in [1.29, 1.82) is 0 Å². The lowest BCUT2D eigenvalue weighted by Crippen LogP contribution is -2.49. The van der Waals surface area contributed by atoms with Crippen molar-refractivity contribution >= 4 is 23.3 Å². The van der Waals surface area contributed by atoms with E-state index in [9.17, 15) is 23.2 Å². The van der Waals surface area contributed by atoms with Crippen LogP contribution >= 0.6 is 0 Å². The second kappa shape index (κ2) is 9.58. The Morgan fingerprint density at radius 3 is 2.13 bits per heavy atom. The number of amides is 2. The predicted octanol–water partition coefficient (Wildman–Crippen LogP) is 2.95. The zero-order valence-electron chi connectivity index (χ0n) is 16.7. The fourth-order valence-electron chi connectivity index (χ4n) is 3.26. The molecule has 0 unspecified atom stereocenters. The van der Waals surface area contributed by atoms with E-state index >= 15 is 0 Å². The van der Waals surface area contributed by atoms with Gasteiger partial charge in [-0.05, 0) is 49.4 Å². The van der Waals surface area contributed by atoms with E-state index in [1.54, 1.807) is 29.2 Å². The average molecular weight is 415 g/mol. The number of carbonyl (C=O) groups is 3. The zero-order chi connectivity index (χ0) is 21.7. The Morgan fingerprint density at radius 1 is 0.900 bits per heavy atom. The summed E-state index contributed by atoms with van der Waals surface area (Å²) in [6.07, 6.45) is 0.297. The van der Waals surface area contributed by atoms with E-state index in [-0.39, 0.29) is 23.2 Å². The quantitative estimate of drug-likeness (QED) is 0.737. The third-order valence-electron chi connectivity index (χ3n) is 5.06. The van der Waals surface area contributed by atoms with Crippen LogP contribution in [0.5, 0.6) is 0 Å². The van der Waals surface area contributed by atoms with E-state index in [2.05, 4.69) is 10.2 Å². The van der Waals surface area contributed by atoms with Crippen LogP contribution in [0.15, 0.2) is 42.5 Å². The third-order valence-corrected chi connectivity index (χ3v) is 5.06. The van der Waals surface area contributed by atoms with Gasteiger partial charge in [-0.25, -0.2) is 8.78 Å². The summed E-state index contributed by atoms with van der Waals surface area (Å²) >= 11 is 0. The van der Waals surface area contributed by atoms with Crippen molar-refractivity contribution in [1.82, 2.24) is 9.80 Å². The Kier molecular flexibility index (Phi) is 6.89. The third kappa shape index (κ3) is 5.48. The molecule has 0 spiro atoms. The number of nitrogens with one attached hydrogen (secondary N) is 1. The van der Waals surface area contributed by atoms with Crippen LogP contribution in [-0.2, 0) is 4.79 Å². The topological polar surface area (TPSA) is 69.7 Å². The molecule has 1 heterocycles. The van der Waals surface area contributed by atoms with E-state index in [0.29, 0.717) is 50.4 Å². The Labute approximate surface area is 173 Å². The highest BCUT2D eigenvalue weighted by molar-refractivity contribution is 5.96. The first-order valence-corrected chi connectivity index (χ1v) is 9.71. The molecule has 1 N–H and O–H groups in total. The number of Topliss-reactive ketones (excluding diaryl/α,β-unsaturated/α-hetero) is 1. The van der Waals surface area contributed by atoms with Gasteiger partial charge in [0.15, 0.2) is 17.4 Å². The van der Waals surface area contributed by atoms with Gasteiger partial charge in [0.2, 0.25) is 5.91 Å². The zero-order valence-corrected chi connectivity index (χ0v) is 16.7. The van der Waals surface area contributed by atoms with Gasteiger partial charge in [-0.1, -0.05) is 0 Å². The van der Waals surface area contributed by atoms with Crippen molar-refractivity contribution in [2.75, 3.05) is 38.0 Å². The van der Waals surface area contributed by atoms with Gasteiger partial charge >= 0.3 is 0 Å². The molecular formula is C22H23F2N3O3. The second-order valence-electron chi connectivity index (χ2n) is 7.19. The summed E-state index contributed by atoms with van der Waals surface area (Å²) in [5.41, 5.74) is 1.34. The van der Waals surface area contributed by atoms with E-state index in [1.165, 1.54) is 13.0 Å². The maximum absolute atomic E-state index is 13.3. The lowest BCUT2D eigenvalue weighted by molar-refractivity contribution is -0.116. The van der Waals surface area contributed by atoms with E-state index in [0.717, 1.165) is 12.1 Å². The second-order valence-corrected chi connectivity index (χ2v) is 7.19. The first kappa shape index (κ1) is 21.6. The number of rotatable bonds is 6. The van der Waals surface area contributed by atoms with Crippen LogP contribution in [-0.4, -0.2) is 60.1 Å².